The predicted molar refractivity (Wildman–Crippen MR) is 95.5 cm³/mol. The van der Waals surface area contributed by atoms with E-state index in [1.54, 1.807) is 14.2 Å². The largest absolute Gasteiger partial charge is 0.493 e. The van der Waals surface area contributed by atoms with Crippen LogP contribution in [0.3, 0.4) is 0 Å². The fraction of sp³-hybridized carbons (Fsp3) is 0.357. The van der Waals surface area contributed by atoms with Crippen LogP contribution in [0.2, 0.25) is 0 Å². The number of nitrogens with two attached hydrogens (primary N) is 1. The smallest absolute Gasteiger partial charge is 0.226 e. The summed E-state index contributed by atoms with van der Waals surface area (Å²) in [5.41, 5.74) is 6.89. The summed E-state index contributed by atoms with van der Waals surface area (Å²) in [6, 6.07) is 5.81. The molecule has 0 bridgehead atoms. The molecule has 0 amide bonds. The molecule has 23 heavy (non-hydrogen) atoms. The maximum absolute atomic E-state index is 5.79. The van der Waals surface area contributed by atoms with E-state index in [1.165, 1.54) is 16.4 Å². The molecule has 0 saturated heterocycles. The van der Waals surface area contributed by atoms with E-state index in [-0.39, 0.29) is 5.95 Å². The van der Waals surface area contributed by atoms with Gasteiger partial charge in [0.15, 0.2) is 16.6 Å². The van der Waals surface area contributed by atoms with Crippen molar-refractivity contribution in [2.75, 3.05) is 32.8 Å². The minimum absolute atomic E-state index is 0.276. The predicted octanol–water partition coefficient (Wildman–Crippen LogP) is 1.56. The highest BCUT2D eigenvalue weighted by atomic mass is 32.2. The Kier molecular flexibility index (Phi) is 6.05. The number of nitrogens with zero attached hydrogens (tertiary/aromatic N) is 3. The number of rotatable bonds is 6. The zero-order valence-corrected chi connectivity index (χ0v) is 14.8. The maximum atomic E-state index is 5.79. The number of ether oxygens (including phenoxy) is 2. The summed E-state index contributed by atoms with van der Waals surface area (Å²) in [6.07, 6.45) is 2.65. The van der Waals surface area contributed by atoms with Gasteiger partial charge >= 0.3 is 0 Å². The van der Waals surface area contributed by atoms with E-state index in [2.05, 4.69) is 15.4 Å². The van der Waals surface area contributed by atoms with Crippen LogP contribution in [0.1, 0.15) is 5.56 Å². The van der Waals surface area contributed by atoms with Gasteiger partial charge in [0.2, 0.25) is 11.1 Å². The van der Waals surface area contributed by atoms with E-state index in [1.807, 2.05) is 24.5 Å². The fourth-order valence-electron chi connectivity index (χ4n) is 1.97. The molecule has 0 aliphatic carbocycles. The zero-order chi connectivity index (χ0) is 16.8. The molecule has 1 aromatic heterocycles. The lowest BCUT2D eigenvalue weighted by Gasteiger charge is -2.11. The summed E-state index contributed by atoms with van der Waals surface area (Å²) in [4.78, 5) is 4.09. The molecule has 0 atom stereocenters. The van der Waals surface area contributed by atoms with Crippen LogP contribution in [0.15, 0.2) is 23.4 Å². The highest BCUT2D eigenvalue weighted by Crippen LogP contribution is 2.27. The van der Waals surface area contributed by atoms with Crippen molar-refractivity contribution in [1.82, 2.24) is 20.1 Å². The standard InChI is InChI=1S/C14H19N5O2S2/c1-20-10-5-4-9(8-11(10)21-2)6-7-16-14(22)19-12(15)17-13(18-19)23-3/h4-5,8H,6-7H2,1-3H3,(H,16,22)(H2,15,17,18). The first-order valence-corrected chi connectivity index (χ1v) is 8.48. The molecular formula is C14H19N5O2S2. The number of anilines is 1. The third kappa shape index (κ3) is 4.26. The Labute approximate surface area is 144 Å². The van der Waals surface area contributed by atoms with Gasteiger partial charge in [0, 0.05) is 6.54 Å². The summed E-state index contributed by atoms with van der Waals surface area (Å²) >= 11 is 6.70. The van der Waals surface area contributed by atoms with Crippen molar-refractivity contribution in [1.29, 1.82) is 0 Å². The van der Waals surface area contributed by atoms with Gasteiger partial charge in [-0.2, -0.15) is 9.67 Å². The number of thiocarbonyl (C=S) groups is 1. The van der Waals surface area contributed by atoms with Crippen molar-refractivity contribution in [3.63, 3.8) is 0 Å². The average molecular weight is 353 g/mol. The fourth-order valence-corrected chi connectivity index (χ4v) is 2.55. The van der Waals surface area contributed by atoms with Crippen LogP contribution in [-0.2, 0) is 6.42 Å². The van der Waals surface area contributed by atoms with E-state index in [0.29, 0.717) is 28.3 Å². The lowest BCUT2D eigenvalue weighted by atomic mass is 10.1. The van der Waals surface area contributed by atoms with E-state index in [4.69, 9.17) is 27.4 Å². The number of hydrogen-bond donors (Lipinski definition) is 2. The molecule has 7 nitrogen and oxygen atoms in total. The van der Waals surface area contributed by atoms with E-state index in [0.717, 1.165) is 12.0 Å². The van der Waals surface area contributed by atoms with Crippen molar-refractivity contribution in [3.8, 4) is 11.5 Å². The molecule has 0 saturated carbocycles. The first kappa shape index (κ1) is 17.4. The van der Waals surface area contributed by atoms with Gasteiger partial charge in [-0.1, -0.05) is 17.8 Å². The molecule has 0 radical (unpaired) electrons. The number of nitrogen functional groups attached to an aromatic ring is 1. The molecule has 1 heterocycles. The molecule has 3 N–H and O–H groups in total. The molecule has 124 valence electrons. The minimum Gasteiger partial charge on any atom is -0.493 e. The number of aromatic nitrogens is 3. The lowest BCUT2D eigenvalue weighted by Crippen LogP contribution is -2.31. The minimum atomic E-state index is 0.276. The normalized spacial score (nSPS) is 10.4. The Bertz CT molecular complexity index is 690. The van der Waals surface area contributed by atoms with Crippen LogP contribution in [0.25, 0.3) is 0 Å². The van der Waals surface area contributed by atoms with Crippen LogP contribution in [0.5, 0.6) is 11.5 Å². The van der Waals surface area contributed by atoms with Gasteiger partial charge in [-0.25, -0.2) is 0 Å². The highest BCUT2D eigenvalue weighted by Gasteiger charge is 2.10. The molecule has 0 aliphatic heterocycles. The van der Waals surface area contributed by atoms with Crippen molar-refractivity contribution < 1.29 is 9.47 Å². The molecule has 2 rings (SSSR count). The molecule has 0 unspecified atom stereocenters. The third-order valence-electron chi connectivity index (χ3n) is 3.13. The Balaban J connectivity index is 1.94. The van der Waals surface area contributed by atoms with Crippen molar-refractivity contribution in [2.24, 2.45) is 0 Å². The number of thioether (sulfide) groups is 1. The summed E-state index contributed by atoms with van der Waals surface area (Å²) < 4.78 is 11.9. The van der Waals surface area contributed by atoms with Gasteiger partial charge in [0.25, 0.3) is 0 Å². The third-order valence-corrected chi connectivity index (χ3v) is 3.98. The van der Waals surface area contributed by atoms with Gasteiger partial charge in [0.1, 0.15) is 0 Å². The molecule has 0 spiro atoms. The van der Waals surface area contributed by atoms with Gasteiger partial charge < -0.3 is 20.5 Å². The Morgan fingerprint density at radius 1 is 1.35 bits per heavy atom. The van der Waals surface area contributed by atoms with Gasteiger partial charge in [0.05, 0.1) is 14.2 Å². The van der Waals surface area contributed by atoms with E-state index < -0.39 is 0 Å². The quantitative estimate of drug-likeness (QED) is 0.598. The lowest BCUT2D eigenvalue weighted by molar-refractivity contribution is 0.354. The van der Waals surface area contributed by atoms with Crippen LogP contribution >= 0.6 is 24.0 Å². The van der Waals surface area contributed by atoms with E-state index in [9.17, 15) is 0 Å². The highest BCUT2D eigenvalue weighted by molar-refractivity contribution is 7.98. The first-order chi connectivity index (χ1) is 11.1. The molecule has 1 aromatic carbocycles. The van der Waals surface area contributed by atoms with E-state index >= 15 is 0 Å². The van der Waals surface area contributed by atoms with Crippen LogP contribution in [0, 0.1) is 0 Å². The second kappa shape index (κ2) is 8.02. The Hall–Kier alpha value is -2.00. The maximum Gasteiger partial charge on any atom is 0.226 e. The summed E-state index contributed by atoms with van der Waals surface area (Å²) in [5.74, 6) is 1.69. The summed E-state index contributed by atoms with van der Waals surface area (Å²) in [6.45, 7) is 0.641. The van der Waals surface area contributed by atoms with Crippen LogP contribution in [-0.4, -0.2) is 46.9 Å². The van der Waals surface area contributed by atoms with Gasteiger partial charge in [-0.15, -0.1) is 5.10 Å². The molecule has 0 fully saturated rings. The second-order valence-corrected chi connectivity index (χ2v) is 5.70. The Morgan fingerprint density at radius 2 is 2.09 bits per heavy atom. The Morgan fingerprint density at radius 3 is 2.70 bits per heavy atom. The number of methoxy groups -OCH3 is 2. The number of nitrogens with one attached hydrogen (secondary N) is 1. The SMILES string of the molecule is COc1ccc(CCNC(=S)n2nc(SC)nc2N)cc1OC. The first-order valence-electron chi connectivity index (χ1n) is 6.84. The van der Waals surface area contributed by atoms with Crippen molar-refractivity contribution in [3.05, 3.63) is 23.8 Å². The molecule has 0 aliphatic rings. The second-order valence-electron chi connectivity index (χ2n) is 4.54. The van der Waals surface area contributed by atoms with Gasteiger partial charge in [-0.3, -0.25) is 0 Å². The molecular weight excluding hydrogens is 334 g/mol. The van der Waals surface area contributed by atoms with Crippen LogP contribution < -0.4 is 20.5 Å². The van der Waals surface area contributed by atoms with Crippen LogP contribution in [0.4, 0.5) is 5.95 Å². The average Bonchev–Trinajstić information content (AvgIpc) is 2.95. The molecule has 2 aromatic rings. The topological polar surface area (TPSA) is 87.2 Å². The number of hydrogen-bond acceptors (Lipinski definition) is 7. The van der Waals surface area contributed by atoms with Crippen molar-refractivity contribution >= 4 is 35.0 Å². The number of benzene rings is 1. The van der Waals surface area contributed by atoms with Crippen molar-refractivity contribution in [2.45, 2.75) is 11.6 Å². The summed E-state index contributed by atoms with van der Waals surface area (Å²) in [7, 11) is 3.23. The van der Waals surface area contributed by atoms with Gasteiger partial charge in [-0.05, 0) is 42.6 Å². The molecule has 9 heteroatoms. The zero-order valence-electron chi connectivity index (χ0n) is 13.2. The monoisotopic (exact) mass is 353 g/mol. The summed E-state index contributed by atoms with van der Waals surface area (Å²) in [5, 5.41) is 8.35.